The van der Waals surface area contributed by atoms with Crippen molar-refractivity contribution in [2.45, 2.75) is 65.0 Å². The zero-order valence-corrected chi connectivity index (χ0v) is 20.1. The molecule has 0 aliphatic rings. The first-order chi connectivity index (χ1) is 14.4. The van der Waals surface area contributed by atoms with Crippen molar-refractivity contribution in [2.75, 3.05) is 0 Å². The van der Waals surface area contributed by atoms with E-state index < -0.39 is 26.4 Å². The molecule has 7 heteroatoms. The fraction of sp³-hybridized carbons (Fsp3) is 0.417. The maximum Gasteiger partial charge on any atom is 0.345 e. The van der Waals surface area contributed by atoms with E-state index in [1.165, 1.54) is 6.92 Å². The monoisotopic (exact) mass is 444 g/mol. The van der Waals surface area contributed by atoms with Gasteiger partial charge in [-0.2, -0.15) is 0 Å². The highest BCUT2D eigenvalue weighted by atomic mass is 28.4. The minimum atomic E-state index is -2.09. The number of hydrogen-bond acceptors (Lipinski definition) is 5. The van der Waals surface area contributed by atoms with E-state index in [1.807, 2.05) is 36.4 Å². The average Bonchev–Trinajstić information content (AvgIpc) is 2.66. The number of hydrogen-bond donors (Lipinski definition) is 1. The molecular formula is C24H32O6Si. The summed E-state index contributed by atoms with van der Waals surface area (Å²) in [6, 6.07) is 15.1. The van der Waals surface area contributed by atoms with Crippen LogP contribution in [0.15, 0.2) is 48.5 Å². The molecule has 0 radical (unpaired) electrons. The Hall–Kier alpha value is -2.80. The summed E-state index contributed by atoms with van der Waals surface area (Å²) < 4.78 is 17.4. The molecule has 0 aliphatic heterocycles. The van der Waals surface area contributed by atoms with Gasteiger partial charge in [-0.15, -0.1) is 0 Å². The molecule has 1 N–H and O–H groups in total. The lowest BCUT2D eigenvalue weighted by molar-refractivity contribution is -0.162. The molecule has 0 spiro atoms. The number of esters is 1. The molecule has 0 saturated carbocycles. The van der Waals surface area contributed by atoms with Gasteiger partial charge < -0.3 is 19.0 Å². The van der Waals surface area contributed by atoms with Crippen LogP contribution in [0.3, 0.4) is 0 Å². The Bertz CT molecular complexity index is 902. The van der Waals surface area contributed by atoms with Crippen molar-refractivity contribution in [3.8, 4) is 11.5 Å². The third kappa shape index (κ3) is 7.13. The van der Waals surface area contributed by atoms with E-state index in [9.17, 15) is 14.7 Å². The van der Waals surface area contributed by atoms with Crippen LogP contribution in [-0.4, -0.2) is 31.5 Å². The van der Waals surface area contributed by atoms with Crippen molar-refractivity contribution in [2.24, 2.45) is 0 Å². The summed E-state index contributed by atoms with van der Waals surface area (Å²) in [6.07, 6.45) is -1.33. The van der Waals surface area contributed by atoms with Gasteiger partial charge in [-0.25, -0.2) is 4.79 Å². The molecule has 0 saturated heterocycles. The minimum absolute atomic E-state index is 0.0109. The number of carbonyl (C=O) groups is 2. The van der Waals surface area contributed by atoms with Crippen molar-refractivity contribution < 1.29 is 28.6 Å². The van der Waals surface area contributed by atoms with Crippen LogP contribution >= 0.6 is 0 Å². The predicted octanol–water partition coefficient (Wildman–Crippen LogP) is 5.21. The van der Waals surface area contributed by atoms with Gasteiger partial charge in [0.1, 0.15) is 18.1 Å². The van der Waals surface area contributed by atoms with Crippen LogP contribution in [0.2, 0.25) is 18.1 Å². The number of rotatable bonds is 9. The van der Waals surface area contributed by atoms with Crippen LogP contribution < -0.4 is 9.16 Å². The molecule has 2 aromatic rings. The fourth-order valence-electron chi connectivity index (χ4n) is 2.68. The summed E-state index contributed by atoms with van der Waals surface area (Å²) in [7, 11) is -2.09. The Balaban J connectivity index is 2.34. The Morgan fingerprint density at radius 1 is 1.06 bits per heavy atom. The summed E-state index contributed by atoms with van der Waals surface area (Å²) >= 11 is 0. The van der Waals surface area contributed by atoms with Gasteiger partial charge in [-0.1, -0.05) is 51.1 Å². The van der Waals surface area contributed by atoms with Crippen LogP contribution in [0.4, 0.5) is 0 Å². The standard InChI is InChI=1S/C24H32O6Si/c1-17(25)29-22(23(26)27)15-19-14-20(30-31(5,6)24(2,3)4)12-13-21(19)28-16-18-10-8-7-9-11-18/h7-14,22H,15-16H2,1-6H3,(H,26,27). The van der Waals surface area contributed by atoms with E-state index in [0.29, 0.717) is 23.7 Å². The first-order valence-electron chi connectivity index (χ1n) is 10.3. The minimum Gasteiger partial charge on any atom is -0.543 e. The Kier molecular flexibility index (Phi) is 7.89. The number of aliphatic carboxylic acids is 1. The molecule has 6 nitrogen and oxygen atoms in total. The quantitative estimate of drug-likeness (QED) is 0.422. The van der Waals surface area contributed by atoms with Gasteiger partial charge >= 0.3 is 11.9 Å². The summed E-state index contributed by atoms with van der Waals surface area (Å²) in [5.74, 6) is -0.668. The highest BCUT2D eigenvalue weighted by Crippen LogP contribution is 2.38. The average molecular weight is 445 g/mol. The first kappa shape index (κ1) is 24.5. The predicted molar refractivity (Wildman–Crippen MR) is 122 cm³/mol. The van der Waals surface area contributed by atoms with Gasteiger partial charge in [-0.05, 0) is 41.9 Å². The normalized spacial score (nSPS) is 12.7. The molecule has 0 bridgehead atoms. The largest absolute Gasteiger partial charge is 0.543 e. The van der Waals surface area contributed by atoms with E-state index in [2.05, 4.69) is 33.9 Å². The van der Waals surface area contributed by atoms with Crippen molar-refractivity contribution in [3.05, 3.63) is 59.7 Å². The maximum absolute atomic E-state index is 11.6. The molecule has 2 aromatic carbocycles. The lowest BCUT2D eigenvalue weighted by atomic mass is 10.1. The highest BCUT2D eigenvalue weighted by Gasteiger charge is 2.39. The maximum atomic E-state index is 11.6. The van der Waals surface area contributed by atoms with E-state index in [0.717, 1.165) is 5.56 Å². The lowest BCUT2D eigenvalue weighted by Gasteiger charge is -2.36. The molecule has 0 amide bonds. The van der Waals surface area contributed by atoms with Gasteiger partial charge in [-0.3, -0.25) is 4.79 Å². The highest BCUT2D eigenvalue weighted by molar-refractivity contribution is 6.74. The first-order valence-corrected chi connectivity index (χ1v) is 13.2. The molecule has 0 aliphatic carbocycles. The molecule has 31 heavy (non-hydrogen) atoms. The van der Waals surface area contributed by atoms with Crippen LogP contribution in [-0.2, 0) is 27.4 Å². The van der Waals surface area contributed by atoms with Crippen LogP contribution in [0.1, 0.15) is 38.8 Å². The molecule has 168 valence electrons. The number of carboxylic acid groups (broad SMARTS) is 1. The zero-order valence-electron chi connectivity index (χ0n) is 19.1. The van der Waals surface area contributed by atoms with E-state index in [4.69, 9.17) is 13.9 Å². The molecule has 0 fully saturated rings. The number of carboxylic acids is 1. The molecule has 2 rings (SSSR count). The topological polar surface area (TPSA) is 82.1 Å². The van der Waals surface area contributed by atoms with E-state index >= 15 is 0 Å². The number of carbonyl (C=O) groups excluding carboxylic acids is 1. The second kappa shape index (κ2) is 10.0. The SMILES string of the molecule is CC(=O)OC(Cc1cc(O[Si](C)(C)C(C)(C)C)ccc1OCc1ccccc1)C(=O)O. The van der Waals surface area contributed by atoms with Crippen LogP contribution in [0, 0.1) is 0 Å². The zero-order chi connectivity index (χ0) is 23.2. The molecule has 0 aromatic heterocycles. The van der Waals surface area contributed by atoms with Crippen molar-refractivity contribution >= 4 is 20.3 Å². The fourth-order valence-corrected chi connectivity index (χ4v) is 3.70. The second-order valence-corrected chi connectivity index (χ2v) is 13.8. The second-order valence-electron chi connectivity index (χ2n) is 9.05. The number of benzene rings is 2. The third-order valence-electron chi connectivity index (χ3n) is 5.44. The smallest absolute Gasteiger partial charge is 0.345 e. The molecule has 1 unspecified atom stereocenters. The molecule has 0 heterocycles. The van der Waals surface area contributed by atoms with Crippen LogP contribution in [0.25, 0.3) is 0 Å². The van der Waals surface area contributed by atoms with Gasteiger partial charge in [0.15, 0.2) is 0 Å². The van der Waals surface area contributed by atoms with E-state index in [-0.39, 0.29) is 11.5 Å². The molecule has 1 atom stereocenters. The van der Waals surface area contributed by atoms with Crippen molar-refractivity contribution in [1.29, 1.82) is 0 Å². The van der Waals surface area contributed by atoms with Crippen molar-refractivity contribution in [3.63, 3.8) is 0 Å². The summed E-state index contributed by atoms with van der Waals surface area (Å²) in [5, 5.41) is 9.51. The van der Waals surface area contributed by atoms with Gasteiger partial charge in [0.05, 0.1) is 0 Å². The Morgan fingerprint density at radius 2 is 1.71 bits per heavy atom. The van der Waals surface area contributed by atoms with Gasteiger partial charge in [0, 0.05) is 18.9 Å². The summed E-state index contributed by atoms with van der Waals surface area (Å²) in [4.78, 5) is 23.0. The van der Waals surface area contributed by atoms with Crippen molar-refractivity contribution in [1.82, 2.24) is 0 Å². The van der Waals surface area contributed by atoms with E-state index in [1.54, 1.807) is 12.1 Å². The van der Waals surface area contributed by atoms with Gasteiger partial charge in [0.2, 0.25) is 14.4 Å². The van der Waals surface area contributed by atoms with Gasteiger partial charge in [0.25, 0.3) is 0 Å². The van der Waals surface area contributed by atoms with Crippen LogP contribution in [0.5, 0.6) is 11.5 Å². The number of ether oxygens (including phenoxy) is 2. The Morgan fingerprint density at radius 3 is 2.26 bits per heavy atom. The Labute approximate surface area is 185 Å². The summed E-state index contributed by atoms with van der Waals surface area (Å²) in [6.45, 7) is 12.3. The third-order valence-corrected chi connectivity index (χ3v) is 9.80. The summed E-state index contributed by atoms with van der Waals surface area (Å²) in [5.41, 5.74) is 1.60. The lowest BCUT2D eigenvalue weighted by Crippen LogP contribution is -2.43. The molecular weight excluding hydrogens is 412 g/mol.